The number of pyridine rings is 1. The van der Waals surface area contributed by atoms with Crippen LogP contribution in [0.4, 0.5) is 10.1 Å². The second-order valence-corrected chi connectivity index (χ2v) is 4.68. The number of halogens is 1. The third-order valence-corrected chi connectivity index (χ3v) is 2.91. The maximum atomic E-state index is 13.5. The van der Waals surface area contributed by atoms with Crippen LogP contribution in [0.25, 0.3) is 0 Å². The maximum Gasteiger partial charge on any atom is 0.293 e. The van der Waals surface area contributed by atoms with Gasteiger partial charge in [0.15, 0.2) is 5.75 Å². The van der Waals surface area contributed by atoms with Gasteiger partial charge in [0.1, 0.15) is 12.4 Å². The predicted molar refractivity (Wildman–Crippen MR) is 81.5 cm³/mol. The molecule has 1 aromatic heterocycles. The normalized spacial score (nSPS) is 10.3. The number of nitrogens with one attached hydrogen (secondary N) is 1. The van der Waals surface area contributed by atoms with Crippen LogP contribution in [0.1, 0.15) is 13.3 Å². The van der Waals surface area contributed by atoms with Crippen molar-refractivity contribution in [2.24, 2.45) is 0 Å². The molecular formula is C16H17FN2O3. The molecule has 0 spiro atoms. The van der Waals surface area contributed by atoms with E-state index in [1.54, 1.807) is 18.2 Å². The number of amides is 1. The SMILES string of the molecule is CCCOc1cccn(CC(=O)Nc2ccccc2F)c1=O. The number of carbonyl (C=O) groups excluding carboxylic acids is 1. The molecule has 116 valence electrons. The van der Waals surface area contributed by atoms with Gasteiger partial charge in [-0.2, -0.15) is 0 Å². The molecule has 0 bridgehead atoms. The number of nitrogens with zero attached hydrogens (tertiary/aromatic N) is 1. The van der Waals surface area contributed by atoms with Crippen LogP contribution in [-0.4, -0.2) is 17.1 Å². The van der Waals surface area contributed by atoms with Crippen molar-refractivity contribution >= 4 is 11.6 Å². The predicted octanol–water partition coefficient (Wildman–Crippen LogP) is 2.41. The number of aromatic nitrogens is 1. The fourth-order valence-corrected chi connectivity index (χ4v) is 1.87. The fourth-order valence-electron chi connectivity index (χ4n) is 1.87. The molecule has 2 aromatic rings. The van der Waals surface area contributed by atoms with E-state index in [0.717, 1.165) is 6.42 Å². The fraction of sp³-hybridized carbons (Fsp3) is 0.250. The van der Waals surface area contributed by atoms with Crippen molar-refractivity contribution in [1.29, 1.82) is 0 Å². The van der Waals surface area contributed by atoms with E-state index in [4.69, 9.17) is 4.74 Å². The van der Waals surface area contributed by atoms with Crippen LogP contribution in [0.3, 0.4) is 0 Å². The zero-order valence-corrected chi connectivity index (χ0v) is 12.2. The lowest BCUT2D eigenvalue weighted by molar-refractivity contribution is -0.116. The molecule has 22 heavy (non-hydrogen) atoms. The minimum Gasteiger partial charge on any atom is -0.488 e. The number of hydrogen-bond donors (Lipinski definition) is 1. The molecule has 0 saturated carbocycles. The first-order chi connectivity index (χ1) is 10.6. The van der Waals surface area contributed by atoms with Gasteiger partial charge < -0.3 is 14.6 Å². The number of para-hydroxylation sites is 1. The molecule has 0 radical (unpaired) electrons. The van der Waals surface area contributed by atoms with Crippen LogP contribution in [0, 0.1) is 5.82 Å². The zero-order valence-electron chi connectivity index (χ0n) is 12.2. The Morgan fingerprint density at radius 3 is 2.77 bits per heavy atom. The van der Waals surface area contributed by atoms with Gasteiger partial charge in [-0.25, -0.2) is 4.39 Å². The Bertz CT molecular complexity index is 713. The molecule has 0 saturated heterocycles. The molecule has 0 fully saturated rings. The third kappa shape index (κ3) is 3.94. The Morgan fingerprint density at radius 1 is 1.27 bits per heavy atom. The summed E-state index contributed by atoms with van der Waals surface area (Å²) in [5.74, 6) is -0.814. The number of anilines is 1. The summed E-state index contributed by atoms with van der Waals surface area (Å²) in [6.45, 7) is 2.15. The van der Waals surface area contributed by atoms with Gasteiger partial charge in [-0.1, -0.05) is 19.1 Å². The molecule has 1 aromatic carbocycles. The van der Waals surface area contributed by atoms with Crippen molar-refractivity contribution in [2.45, 2.75) is 19.9 Å². The van der Waals surface area contributed by atoms with E-state index in [0.29, 0.717) is 6.61 Å². The van der Waals surface area contributed by atoms with E-state index >= 15 is 0 Å². The highest BCUT2D eigenvalue weighted by Gasteiger charge is 2.10. The lowest BCUT2D eigenvalue weighted by atomic mass is 10.3. The summed E-state index contributed by atoms with van der Waals surface area (Å²) in [5.41, 5.74) is -0.307. The van der Waals surface area contributed by atoms with Gasteiger partial charge >= 0.3 is 0 Å². The molecule has 1 heterocycles. The monoisotopic (exact) mass is 304 g/mol. The van der Waals surface area contributed by atoms with Crippen LogP contribution in [0.2, 0.25) is 0 Å². The number of benzene rings is 1. The van der Waals surface area contributed by atoms with Crippen molar-refractivity contribution in [3.63, 3.8) is 0 Å². The van der Waals surface area contributed by atoms with Crippen molar-refractivity contribution in [1.82, 2.24) is 4.57 Å². The standard InChI is InChI=1S/C16H17FN2O3/c1-2-10-22-14-8-5-9-19(16(14)21)11-15(20)18-13-7-4-3-6-12(13)17/h3-9H,2,10-11H2,1H3,(H,18,20). The highest BCUT2D eigenvalue weighted by molar-refractivity contribution is 5.90. The highest BCUT2D eigenvalue weighted by atomic mass is 19.1. The largest absolute Gasteiger partial charge is 0.488 e. The van der Waals surface area contributed by atoms with E-state index in [9.17, 15) is 14.0 Å². The summed E-state index contributed by atoms with van der Waals surface area (Å²) in [4.78, 5) is 24.0. The van der Waals surface area contributed by atoms with Crippen LogP contribution in [-0.2, 0) is 11.3 Å². The molecule has 0 aliphatic rings. The lowest BCUT2D eigenvalue weighted by Gasteiger charge is -2.10. The Balaban J connectivity index is 2.09. The van der Waals surface area contributed by atoms with Gasteiger partial charge in [-0.05, 0) is 30.7 Å². The lowest BCUT2D eigenvalue weighted by Crippen LogP contribution is -2.28. The van der Waals surface area contributed by atoms with E-state index in [2.05, 4.69) is 5.32 Å². The van der Waals surface area contributed by atoms with E-state index < -0.39 is 11.7 Å². The van der Waals surface area contributed by atoms with Crippen LogP contribution < -0.4 is 15.6 Å². The molecule has 1 amide bonds. The van der Waals surface area contributed by atoms with E-state index in [1.165, 1.54) is 29.0 Å². The number of carbonyl (C=O) groups is 1. The molecule has 0 atom stereocenters. The van der Waals surface area contributed by atoms with Crippen LogP contribution in [0.5, 0.6) is 5.75 Å². The van der Waals surface area contributed by atoms with Gasteiger partial charge in [0.2, 0.25) is 5.91 Å². The molecule has 6 heteroatoms. The van der Waals surface area contributed by atoms with E-state index in [1.807, 2.05) is 6.92 Å². The first kappa shape index (κ1) is 15.8. The van der Waals surface area contributed by atoms with Crippen molar-refractivity contribution in [2.75, 3.05) is 11.9 Å². The summed E-state index contributed by atoms with van der Waals surface area (Å²) in [6.07, 6.45) is 2.27. The van der Waals surface area contributed by atoms with Gasteiger partial charge in [0, 0.05) is 6.20 Å². The minimum absolute atomic E-state index is 0.0823. The minimum atomic E-state index is -0.525. The topological polar surface area (TPSA) is 60.3 Å². The second-order valence-electron chi connectivity index (χ2n) is 4.68. The van der Waals surface area contributed by atoms with Gasteiger partial charge in [0.25, 0.3) is 5.56 Å². The Morgan fingerprint density at radius 2 is 2.05 bits per heavy atom. The van der Waals surface area contributed by atoms with Crippen molar-refractivity contribution in [3.05, 3.63) is 58.8 Å². The molecule has 0 aliphatic heterocycles. The summed E-state index contributed by atoms with van der Waals surface area (Å²) in [5, 5.41) is 2.43. The molecule has 1 N–H and O–H groups in total. The molecule has 2 rings (SSSR count). The van der Waals surface area contributed by atoms with E-state index in [-0.39, 0.29) is 23.5 Å². The van der Waals surface area contributed by atoms with Gasteiger partial charge in [0.05, 0.1) is 12.3 Å². The smallest absolute Gasteiger partial charge is 0.293 e. The first-order valence-corrected chi connectivity index (χ1v) is 6.98. The summed E-state index contributed by atoms with van der Waals surface area (Å²) in [6, 6.07) is 9.04. The summed E-state index contributed by atoms with van der Waals surface area (Å²) < 4.78 is 20.0. The zero-order chi connectivity index (χ0) is 15.9. The summed E-state index contributed by atoms with van der Waals surface area (Å²) >= 11 is 0. The average Bonchev–Trinajstić information content (AvgIpc) is 2.50. The van der Waals surface area contributed by atoms with Crippen LogP contribution >= 0.6 is 0 Å². The Kier molecular flexibility index (Phi) is 5.30. The molecule has 0 unspecified atom stereocenters. The Labute approximate surface area is 127 Å². The van der Waals surface area contributed by atoms with Gasteiger partial charge in [-0.3, -0.25) is 9.59 Å². The molecule has 5 nitrogen and oxygen atoms in total. The van der Waals surface area contributed by atoms with Gasteiger partial charge in [-0.15, -0.1) is 0 Å². The third-order valence-electron chi connectivity index (χ3n) is 2.91. The maximum absolute atomic E-state index is 13.5. The first-order valence-electron chi connectivity index (χ1n) is 6.98. The average molecular weight is 304 g/mol. The number of hydrogen-bond acceptors (Lipinski definition) is 3. The van der Waals surface area contributed by atoms with Crippen molar-refractivity contribution < 1.29 is 13.9 Å². The highest BCUT2D eigenvalue weighted by Crippen LogP contribution is 2.12. The number of rotatable bonds is 6. The van der Waals surface area contributed by atoms with Crippen molar-refractivity contribution in [3.8, 4) is 5.75 Å². The molecule has 0 aliphatic carbocycles. The second kappa shape index (κ2) is 7.40. The number of ether oxygens (including phenoxy) is 1. The Hall–Kier alpha value is -2.63. The summed E-state index contributed by atoms with van der Waals surface area (Å²) in [7, 11) is 0. The molecular weight excluding hydrogens is 287 g/mol. The quantitative estimate of drug-likeness (QED) is 0.891. The van der Waals surface area contributed by atoms with Crippen LogP contribution in [0.15, 0.2) is 47.4 Å².